The number of alkyl halides is 3. The number of imidazole rings is 1. The Morgan fingerprint density at radius 2 is 1.75 bits per heavy atom. The minimum absolute atomic E-state index is 0.0573. The van der Waals surface area contributed by atoms with Gasteiger partial charge in [0.15, 0.2) is 0 Å². The van der Waals surface area contributed by atoms with Crippen LogP contribution < -0.4 is 4.74 Å². The number of halogens is 5. The minimum Gasteiger partial charge on any atom is -0.506 e. The summed E-state index contributed by atoms with van der Waals surface area (Å²) in [7, 11) is 0. The van der Waals surface area contributed by atoms with E-state index in [9.17, 15) is 18.3 Å². The SMILES string of the molecule is Cc1c(Cl)c(O)cc(Cn2c(C(F)(F)F)nc3ccc(OCc4ccccc4)cc32)c1Cl. The van der Waals surface area contributed by atoms with Crippen LogP contribution in [0.5, 0.6) is 11.5 Å². The van der Waals surface area contributed by atoms with Crippen LogP contribution in [-0.4, -0.2) is 14.7 Å². The molecule has 0 atom stereocenters. The first-order valence-corrected chi connectivity index (χ1v) is 10.3. The maximum absolute atomic E-state index is 13.8. The van der Waals surface area contributed by atoms with Crippen molar-refractivity contribution < 1.29 is 23.0 Å². The van der Waals surface area contributed by atoms with Gasteiger partial charge in [-0.25, -0.2) is 4.98 Å². The molecule has 0 spiro atoms. The lowest BCUT2D eigenvalue weighted by molar-refractivity contribution is -0.146. The molecular weight excluding hydrogens is 464 g/mol. The molecular formula is C23H17Cl2F3N2O2. The van der Waals surface area contributed by atoms with Crippen LogP contribution in [-0.2, 0) is 19.3 Å². The number of hydrogen-bond acceptors (Lipinski definition) is 3. The van der Waals surface area contributed by atoms with E-state index in [-0.39, 0.29) is 45.5 Å². The summed E-state index contributed by atoms with van der Waals surface area (Å²) >= 11 is 12.3. The number of ether oxygens (including phenoxy) is 1. The summed E-state index contributed by atoms with van der Waals surface area (Å²) in [5.41, 5.74) is 1.98. The highest BCUT2D eigenvalue weighted by atomic mass is 35.5. The van der Waals surface area contributed by atoms with Crippen LogP contribution in [0.25, 0.3) is 11.0 Å². The van der Waals surface area contributed by atoms with Gasteiger partial charge in [0.2, 0.25) is 5.82 Å². The normalized spacial score (nSPS) is 11.8. The fourth-order valence-corrected chi connectivity index (χ4v) is 3.82. The van der Waals surface area contributed by atoms with Crippen molar-refractivity contribution in [1.29, 1.82) is 0 Å². The molecule has 0 aliphatic carbocycles. The highest BCUT2D eigenvalue weighted by molar-refractivity contribution is 6.37. The molecule has 9 heteroatoms. The third kappa shape index (κ3) is 4.36. The van der Waals surface area contributed by atoms with Gasteiger partial charge >= 0.3 is 6.18 Å². The number of fused-ring (bicyclic) bond motifs is 1. The van der Waals surface area contributed by atoms with E-state index in [0.717, 1.165) is 10.1 Å². The van der Waals surface area contributed by atoms with Crippen LogP contribution in [0.4, 0.5) is 13.2 Å². The highest BCUT2D eigenvalue weighted by Gasteiger charge is 2.38. The van der Waals surface area contributed by atoms with Gasteiger partial charge in [-0.2, -0.15) is 13.2 Å². The summed E-state index contributed by atoms with van der Waals surface area (Å²) in [4.78, 5) is 3.78. The van der Waals surface area contributed by atoms with Crippen molar-refractivity contribution in [2.75, 3.05) is 0 Å². The third-order valence-electron chi connectivity index (χ3n) is 5.03. The second-order valence-corrected chi connectivity index (χ2v) is 8.01. The third-order valence-corrected chi connectivity index (χ3v) is 6.03. The minimum atomic E-state index is -4.69. The molecule has 3 aromatic carbocycles. The van der Waals surface area contributed by atoms with E-state index in [1.165, 1.54) is 18.2 Å². The Morgan fingerprint density at radius 3 is 2.44 bits per heavy atom. The molecule has 0 unspecified atom stereocenters. The van der Waals surface area contributed by atoms with Gasteiger partial charge in [-0.1, -0.05) is 53.5 Å². The zero-order valence-electron chi connectivity index (χ0n) is 16.8. The first-order valence-electron chi connectivity index (χ1n) is 9.56. The number of aromatic nitrogens is 2. The molecule has 4 rings (SSSR count). The fraction of sp³-hybridized carbons (Fsp3) is 0.174. The summed E-state index contributed by atoms with van der Waals surface area (Å²) in [6.45, 7) is 1.58. The van der Waals surface area contributed by atoms with Gasteiger partial charge in [0.05, 0.1) is 27.6 Å². The summed E-state index contributed by atoms with van der Waals surface area (Å²) in [6, 6.07) is 15.2. The smallest absolute Gasteiger partial charge is 0.449 e. The van der Waals surface area contributed by atoms with Gasteiger partial charge < -0.3 is 14.4 Å². The van der Waals surface area contributed by atoms with E-state index in [4.69, 9.17) is 27.9 Å². The molecule has 0 bridgehead atoms. The molecule has 0 saturated heterocycles. The molecule has 4 nitrogen and oxygen atoms in total. The van der Waals surface area contributed by atoms with Crippen molar-refractivity contribution in [3.8, 4) is 11.5 Å². The topological polar surface area (TPSA) is 47.3 Å². The Hall–Kier alpha value is -2.90. The van der Waals surface area contributed by atoms with Crippen LogP contribution in [0, 0.1) is 6.92 Å². The van der Waals surface area contributed by atoms with Crippen LogP contribution in [0.3, 0.4) is 0 Å². The molecule has 0 radical (unpaired) electrons. The molecule has 1 heterocycles. The predicted molar refractivity (Wildman–Crippen MR) is 117 cm³/mol. The maximum Gasteiger partial charge on any atom is 0.449 e. The number of phenols is 1. The molecule has 1 N–H and O–H groups in total. The van der Waals surface area contributed by atoms with E-state index in [1.54, 1.807) is 13.0 Å². The fourth-order valence-electron chi connectivity index (χ4n) is 3.42. The Bertz CT molecular complexity index is 1290. The quantitative estimate of drug-likeness (QED) is 0.334. The average molecular weight is 481 g/mol. The molecule has 0 aliphatic rings. The maximum atomic E-state index is 13.8. The van der Waals surface area contributed by atoms with Gasteiger partial charge in [-0.05, 0) is 41.8 Å². The Morgan fingerprint density at radius 1 is 1.03 bits per heavy atom. The van der Waals surface area contributed by atoms with E-state index in [0.29, 0.717) is 11.3 Å². The van der Waals surface area contributed by atoms with Crippen LogP contribution in [0.15, 0.2) is 54.6 Å². The summed E-state index contributed by atoms with van der Waals surface area (Å²) in [6.07, 6.45) is -4.69. The Kier molecular flexibility index (Phi) is 5.97. The first-order chi connectivity index (χ1) is 15.1. The number of phenolic OH excluding ortho intramolecular Hbond substituents is 1. The van der Waals surface area contributed by atoms with Crippen molar-refractivity contribution in [3.05, 3.63) is 87.2 Å². The van der Waals surface area contributed by atoms with Gasteiger partial charge in [0.1, 0.15) is 18.1 Å². The van der Waals surface area contributed by atoms with Crippen molar-refractivity contribution in [2.24, 2.45) is 0 Å². The van der Waals surface area contributed by atoms with Crippen molar-refractivity contribution in [2.45, 2.75) is 26.3 Å². The lowest BCUT2D eigenvalue weighted by atomic mass is 10.1. The molecule has 0 amide bonds. The van der Waals surface area contributed by atoms with Crippen molar-refractivity contribution >= 4 is 34.2 Å². The lowest BCUT2D eigenvalue weighted by Gasteiger charge is -2.15. The molecule has 1 aromatic heterocycles. The zero-order valence-corrected chi connectivity index (χ0v) is 18.3. The predicted octanol–water partition coefficient (Wildman–Crippen LogP) is 7.00. The second kappa shape index (κ2) is 8.56. The number of benzene rings is 3. The zero-order chi connectivity index (χ0) is 23.0. The summed E-state index contributed by atoms with van der Waals surface area (Å²) in [5, 5.41) is 10.3. The van der Waals surface area contributed by atoms with Crippen LogP contribution in [0.2, 0.25) is 10.0 Å². The van der Waals surface area contributed by atoms with Crippen molar-refractivity contribution in [1.82, 2.24) is 9.55 Å². The van der Waals surface area contributed by atoms with Gasteiger partial charge in [0, 0.05) is 6.07 Å². The van der Waals surface area contributed by atoms with E-state index in [2.05, 4.69) is 4.98 Å². The molecule has 32 heavy (non-hydrogen) atoms. The summed E-state index contributed by atoms with van der Waals surface area (Å²) in [5.74, 6) is -0.929. The standard InChI is InChI=1S/C23H17Cl2F3N2O2/c1-13-20(24)15(9-19(31)21(13)25)11-30-18-10-16(32-12-14-5-3-2-4-6-14)7-8-17(18)29-22(30)23(26,27)28/h2-10,31H,11-12H2,1H3. The van der Waals surface area contributed by atoms with Crippen LogP contribution >= 0.6 is 23.2 Å². The number of hydrogen-bond donors (Lipinski definition) is 1. The molecule has 166 valence electrons. The molecule has 4 aromatic rings. The first kappa shape index (κ1) is 22.3. The van der Waals surface area contributed by atoms with E-state index < -0.39 is 12.0 Å². The Labute approximate surface area is 191 Å². The Balaban J connectivity index is 1.77. The lowest BCUT2D eigenvalue weighted by Crippen LogP contribution is -2.16. The largest absolute Gasteiger partial charge is 0.506 e. The molecule has 0 aliphatic heterocycles. The van der Waals surface area contributed by atoms with E-state index >= 15 is 0 Å². The monoisotopic (exact) mass is 480 g/mol. The second-order valence-electron chi connectivity index (χ2n) is 7.25. The number of aromatic hydroxyl groups is 1. The van der Waals surface area contributed by atoms with Crippen molar-refractivity contribution in [3.63, 3.8) is 0 Å². The van der Waals surface area contributed by atoms with Gasteiger partial charge in [-0.3, -0.25) is 0 Å². The number of nitrogens with zero attached hydrogens (tertiary/aromatic N) is 2. The van der Waals surface area contributed by atoms with Gasteiger partial charge in [0.25, 0.3) is 0 Å². The molecule has 0 fully saturated rings. The van der Waals surface area contributed by atoms with Crippen LogP contribution in [0.1, 0.15) is 22.5 Å². The van der Waals surface area contributed by atoms with E-state index in [1.807, 2.05) is 30.3 Å². The van der Waals surface area contributed by atoms with Gasteiger partial charge in [-0.15, -0.1) is 0 Å². The molecule has 0 saturated carbocycles. The summed E-state index contributed by atoms with van der Waals surface area (Å²) < 4.78 is 48.1. The highest BCUT2D eigenvalue weighted by Crippen LogP contribution is 2.38. The number of rotatable bonds is 5. The average Bonchev–Trinajstić information content (AvgIpc) is 3.13.